The molecule has 0 spiro atoms. The van der Waals surface area contributed by atoms with Gasteiger partial charge in [0.05, 0.1) is 6.20 Å². The Balaban J connectivity index is 2.01. The van der Waals surface area contributed by atoms with Crippen molar-refractivity contribution >= 4 is 11.6 Å². The summed E-state index contributed by atoms with van der Waals surface area (Å²) in [6, 6.07) is 4.95. The van der Waals surface area contributed by atoms with Crippen molar-refractivity contribution in [1.82, 2.24) is 14.9 Å². The van der Waals surface area contributed by atoms with E-state index in [4.69, 9.17) is 16.3 Å². The highest BCUT2D eigenvalue weighted by Gasteiger charge is 2.08. The molecule has 108 valence electrons. The predicted octanol–water partition coefficient (Wildman–Crippen LogP) is 2.90. The van der Waals surface area contributed by atoms with E-state index in [1.165, 1.54) is 12.3 Å². The fraction of sp³-hybridized carbons (Fsp3) is 0.357. The number of nitrogens with one attached hydrogen (secondary N) is 1. The molecule has 0 unspecified atom stereocenters. The maximum atomic E-state index is 13.9. The highest BCUT2D eigenvalue weighted by atomic mass is 35.5. The number of rotatable bonds is 6. The lowest BCUT2D eigenvalue weighted by Crippen LogP contribution is -2.12. The van der Waals surface area contributed by atoms with Gasteiger partial charge in [-0.2, -0.15) is 0 Å². The molecule has 0 saturated heterocycles. The molecule has 0 aliphatic heterocycles. The lowest BCUT2D eigenvalue weighted by atomic mass is 10.2. The Morgan fingerprint density at radius 2 is 2.25 bits per heavy atom. The number of hydrogen-bond donors (Lipinski definition) is 1. The van der Waals surface area contributed by atoms with Crippen LogP contribution in [0.25, 0.3) is 0 Å². The van der Waals surface area contributed by atoms with E-state index in [-0.39, 0.29) is 18.2 Å². The standard InChI is InChI=1S/C14H17ClFN3O/c1-3-17-7-10-4-5-12(11(16)6-10)20-9-14-18-8-13(15)19(14)2/h4-6,8,17H,3,7,9H2,1-2H3. The van der Waals surface area contributed by atoms with Crippen LogP contribution in [0.1, 0.15) is 18.3 Å². The normalized spacial score (nSPS) is 10.8. The Morgan fingerprint density at radius 3 is 2.85 bits per heavy atom. The average molecular weight is 298 g/mol. The summed E-state index contributed by atoms with van der Waals surface area (Å²) < 4.78 is 21.0. The molecule has 0 saturated carbocycles. The molecule has 0 amide bonds. The molecule has 0 aliphatic rings. The van der Waals surface area contributed by atoms with Gasteiger partial charge in [0.25, 0.3) is 0 Å². The number of benzene rings is 1. The van der Waals surface area contributed by atoms with Crippen LogP contribution in [0.15, 0.2) is 24.4 Å². The van der Waals surface area contributed by atoms with Gasteiger partial charge in [0, 0.05) is 13.6 Å². The summed E-state index contributed by atoms with van der Waals surface area (Å²) in [6.45, 7) is 3.67. The van der Waals surface area contributed by atoms with Crippen molar-refractivity contribution in [3.63, 3.8) is 0 Å². The second-order valence-electron chi connectivity index (χ2n) is 4.39. The van der Waals surface area contributed by atoms with Crippen LogP contribution >= 0.6 is 11.6 Å². The molecule has 1 aromatic carbocycles. The maximum absolute atomic E-state index is 13.9. The van der Waals surface area contributed by atoms with Gasteiger partial charge in [-0.25, -0.2) is 9.37 Å². The quantitative estimate of drug-likeness (QED) is 0.891. The third-order valence-electron chi connectivity index (χ3n) is 2.96. The number of imidazole rings is 1. The summed E-state index contributed by atoms with van der Waals surface area (Å²) in [5, 5.41) is 3.66. The van der Waals surface area contributed by atoms with Crippen molar-refractivity contribution in [3.05, 3.63) is 46.8 Å². The SMILES string of the molecule is CCNCc1ccc(OCc2ncc(Cl)n2C)c(F)c1. The van der Waals surface area contributed by atoms with E-state index >= 15 is 0 Å². The Kier molecular flexibility index (Phi) is 4.98. The number of nitrogens with zero attached hydrogens (tertiary/aromatic N) is 2. The number of halogens is 2. The highest BCUT2D eigenvalue weighted by molar-refractivity contribution is 6.29. The summed E-state index contributed by atoms with van der Waals surface area (Å²) >= 11 is 5.88. The maximum Gasteiger partial charge on any atom is 0.165 e. The number of aromatic nitrogens is 2. The molecule has 2 aromatic rings. The molecule has 6 heteroatoms. The van der Waals surface area contributed by atoms with Crippen LogP contribution in [0, 0.1) is 5.82 Å². The first kappa shape index (κ1) is 14.8. The minimum atomic E-state index is -0.374. The van der Waals surface area contributed by atoms with Gasteiger partial charge in [0.2, 0.25) is 0 Å². The molecule has 1 aromatic heterocycles. The van der Waals surface area contributed by atoms with Gasteiger partial charge in [-0.05, 0) is 24.2 Å². The fourth-order valence-electron chi connectivity index (χ4n) is 1.74. The van der Waals surface area contributed by atoms with E-state index in [0.717, 1.165) is 12.1 Å². The van der Waals surface area contributed by atoms with Crippen LogP contribution in [0.3, 0.4) is 0 Å². The first-order valence-electron chi connectivity index (χ1n) is 6.40. The Labute approximate surface area is 122 Å². The molecule has 0 bridgehead atoms. The molecule has 2 rings (SSSR count). The van der Waals surface area contributed by atoms with E-state index in [0.29, 0.717) is 17.5 Å². The first-order chi connectivity index (χ1) is 9.61. The van der Waals surface area contributed by atoms with Gasteiger partial charge in [-0.3, -0.25) is 0 Å². The highest BCUT2D eigenvalue weighted by Crippen LogP contribution is 2.20. The molecular formula is C14H17ClFN3O. The van der Waals surface area contributed by atoms with Crippen LogP contribution < -0.4 is 10.1 Å². The third-order valence-corrected chi connectivity index (χ3v) is 3.31. The van der Waals surface area contributed by atoms with Crippen LogP contribution in [-0.4, -0.2) is 16.1 Å². The fourth-order valence-corrected chi connectivity index (χ4v) is 1.89. The minimum absolute atomic E-state index is 0.173. The number of hydrogen-bond acceptors (Lipinski definition) is 3. The van der Waals surface area contributed by atoms with Gasteiger partial charge < -0.3 is 14.6 Å². The molecule has 20 heavy (non-hydrogen) atoms. The lowest BCUT2D eigenvalue weighted by Gasteiger charge is -2.09. The molecule has 0 fully saturated rings. The molecule has 1 N–H and O–H groups in total. The average Bonchev–Trinajstić information content (AvgIpc) is 2.76. The Bertz CT molecular complexity index is 586. The first-order valence-corrected chi connectivity index (χ1v) is 6.77. The van der Waals surface area contributed by atoms with E-state index in [9.17, 15) is 4.39 Å². The predicted molar refractivity (Wildman–Crippen MR) is 76.3 cm³/mol. The van der Waals surface area contributed by atoms with Crippen molar-refractivity contribution in [2.75, 3.05) is 6.54 Å². The van der Waals surface area contributed by atoms with Gasteiger partial charge in [0.15, 0.2) is 11.6 Å². The van der Waals surface area contributed by atoms with Crippen LogP contribution in [0.5, 0.6) is 5.75 Å². The lowest BCUT2D eigenvalue weighted by molar-refractivity contribution is 0.277. The summed E-state index contributed by atoms with van der Waals surface area (Å²) in [6.07, 6.45) is 1.54. The third kappa shape index (κ3) is 3.49. The van der Waals surface area contributed by atoms with E-state index in [1.807, 2.05) is 13.0 Å². The smallest absolute Gasteiger partial charge is 0.165 e. The van der Waals surface area contributed by atoms with E-state index in [1.54, 1.807) is 17.7 Å². The summed E-state index contributed by atoms with van der Waals surface area (Å²) in [5.74, 6) is 0.483. The number of ether oxygens (including phenoxy) is 1. The molecule has 4 nitrogen and oxygen atoms in total. The second-order valence-corrected chi connectivity index (χ2v) is 4.78. The van der Waals surface area contributed by atoms with Gasteiger partial charge in [0.1, 0.15) is 17.6 Å². The zero-order valence-corrected chi connectivity index (χ0v) is 12.2. The van der Waals surface area contributed by atoms with Gasteiger partial charge >= 0.3 is 0 Å². The summed E-state index contributed by atoms with van der Waals surface area (Å²) in [4.78, 5) is 4.09. The largest absolute Gasteiger partial charge is 0.483 e. The zero-order chi connectivity index (χ0) is 14.5. The van der Waals surface area contributed by atoms with Gasteiger partial charge in [-0.15, -0.1) is 0 Å². The van der Waals surface area contributed by atoms with Crippen molar-refractivity contribution in [2.45, 2.75) is 20.1 Å². The Hall–Kier alpha value is -1.59. The second kappa shape index (κ2) is 6.72. The summed E-state index contributed by atoms with van der Waals surface area (Å²) in [5.41, 5.74) is 0.886. The summed E-state index contributed by atoms with van der Waals surface area (Å²) in [7, 11) is 1.78. The van der Waals surface area contributed by atoms with Crippen LogP contribution in [-0.2, 0) is 20.2 Å². The van der Waals surface area contributed by atoms with Crippen LogP contribution in [0.2, 0.25) is 5.15 Å². The van der Waals surface area contributed by atoms with Gasteiger partial charge in [-0.1, -0.05) is 24.6 Å². The molecule has 1 heterocycles. The van der Waals surface area contributed by atoms with Crippen molar-refractivity contribution in [3.8, 4) is 5.75 Å². The Morgan fingerprint density at radius 1 is 1.45 bits per heavy atom. The van der Waals surface area contributed by atoms with Crippen molar-refractivity contribution in [1.29, 1.82) is 0 Å². The molecule has 0 radical (unpaired) electrons. The van der Waals surface area contributed by atoms with E-state index in [2.05, 4.69) is 10.3 Å². The van der Waals surface area contributed by atoms with Crippen molar-refractivity contribution < 1.29 is 9.13 Å². The zero-order valence-electron chi connectivity index (χ0n) is 11.5. The monoisotopic (exact) mass is 297 g/mol. The van der Waals surface area contributed by atoms with Crippen LogP contribution in [0.4, 0.5) is 4.39 Å². The minimum Gasteiger partial charge on any atom is -0.483 e. The van der Waals surface area contributed by atoms with Crippen molar-refractivity contribution in [2.24, 2.45) is 7.05 Å². The molecular weight excluding hydrogens is 281 g/mol. The topological polar surface area (TPSA) is 39.1 Å². The molecule has 0 atom stereocenters. The van der Waals surface area contributed by atoms with E-state index < -0.39 is 0 Å². The molecule has 0 aliphatic carbocycles.